The molecule has 0 aromatic heterocycles. The maximum atomic E-state index is 11.3. The number of nitrogens with zero attached hydrogens (tertiary/aromatic N) is 2. The fraction of sp³-hybridized carbons (Fsp3) is 0.500. The van der Waals surface area contributed by atoms with Gasteiger partial charge in [0.05, 0.1) is 6.04 Å². The van der Waals surface area contributed by atoms with Gasteiger partial charge in [0.2, 0.25) is 0 Å². The maximum absolute atomic E-state index is 11.3. The summed E-state index contributed by atoms with van der Waals surface area (Å²) in [6.45, 7) is 0.645. The van der Waals surface area contributed by atoms with Gasteiger partial charge in [-0.1, -0.05) is 12.1 Å². The Labute approximate surface area is 138 Å². The van der Waals surface area contributed by atoms with Crippen LogP contribution in [0.5, 0.6) is 0 Å². The second kappa shape index (κ2) is 7.17. The second-order valence-corrected chi connectivity index (χ2v) is 4.98. The molecule has 0 spiro atoms. The molecule has 0 saturated carbocycles. The summed E-state index contributed by atoms with van der Waals surface area (Å²) in [4.78, 5) is 14.9. The summed E-state index contributed by atoms with van der Waals surface area (Å²) in [7, 11) is 3.99. The molecule has 0 radical (unpaired) electrons. The standard InChI is InChI=1S/C14H20N2O2.Na.H/c1-15(2)12-7-5-6-11(10-12)13-8-3-4-9-16(13)14(17)18;;/h5-7,10,13H,3-4,8-9H2,1-2H3,(H,17,18);;/q;+1;-1. The first-order valence-corrected chi connectivity index (χ1v) is 6.36. The largest absolute Gasteiger partial charge is 1.00 e. The molecule has 1 aliphatic rings. The van der Waals surface area contributed by atoms with Crippen LogP contribution in [-0.4, -0.2) is 36.7 Å². The van der Waals surface area contributed by atoms with Gasteiger partial charge in [0.1, 0.15) is 0 Å². The van der Waals surface area contributed by atoms with Gasteiger partial charge in [-0.3, -0.25) is 0 Å². The van der Waals surface area contributed by atoms with Crippen molar-refractivity contribution in [1.82, 2.24) is 4.90 Å². The van der Waals surface area contributed by atoms with Crippen molar-refractivity contribution < 1.29 is 40.9 Å². The Kier molecular flexibility index (Phi) is 6.17. The van der Waals surface area contributed by atoms with Crippen LogP contribution in [0.3, 0.4) is 0 Å². The average Bonchev–Trinajstić information content (AvgIpc) is 2.39. The molecule has 0 aliphatic carbocycles. The number of likely N-dealkylation sites (tertiary alicyclic amines) is 1. The average molecular weight is 272 g/mol. The number of carbonyl (C=O) groups is 1. The molecule has 19 heavy (non-hydrogen) atoms. The third kappa shape index (κ3) is 3.88. The number of hydrogen-bond acceptors (Lipinski definition) is 2. The van der Waals surface area contributed by atoms with Gasteiger partial charge in [0.25, 0.3) is 0 Å². The van der Waals surface area contributed by atoms with Gasteiger partial charge in [0, 0.05) is 26.3 Å². The van der Waals surface area contributed by atoms with E-state index in [0.717, 1.165) is 30.5 Å². The minimum atomic E-state index is -0.810. The topological polar surface area (TPSA) is 43.8 Å². The van der Waals surface area contributed by atoms with E-state index in [9.17, 15) is 9.90 Å². The zero-order valence-electron chi connectivity index (χ0n) is 13.0. The Balaban J connectivity index is 0.00000180. The Morgan fingerprint density at radius 3 is 2.79 bits per heavy atom. The number of piperidine rings is 1. The van der Waals surface area contributed by atoms with E-state index in [-0.39, 0.29) is 37.0 Å². The van der Waals surface area contributed by atoms with Gasteiger partial charge in [-0.25, -0.2) is 4.79 Å². The molecule has 1 aromatic carbocycles. The number of rotatable bonds is 2. The van der Waals surface area contributed by atoms with Gasteiger partial charge in [-0.15, -0.1) is 0 Å². The minimum absolute atomic E-state index is 0. The quantitative estimate of drug-likeness (QED) is 0.775. The predicted octanol–water partition coefficient (Wildman–Crippen LogP) is 0.0741. The zero-order chi connectivity index (χ0) is 13.1. The van der Waals surface area contributed by atoms with Crippen molar-refractivity contribution in [2.24, 2.45) is 0 Å². The Morgan fingerprint density at radius 2 is 2.16 bits per heavy atom. The van der Waals surface area contributed by atoms with Crippen LogP contribution < -0.4 is 34.5 Å². The molecule has 1 fully saturated rings. The molecule has 1 N–H and O–H groups in total. The SMILES string of the molecule is CN(C)c1cccc(C2CCCCN2C(=O)O)c1.[H-].[Na+]. The van der Waals surface area contributed by atoms with Gasteiger partial charge >= 0.3 is 35.7 Å². The van der Waals surface area contributed by atoms with Crippen LogP contribution in [0, 0.1) is 0 Å². The van der Waals surface area contributed by atoms with E-state index in [1.807, 2.05) is 37.2 Å². The van der Waals surface area contributed by atoms with E-state index in [1.54, 1.807) is 4.90 Å². The molecule has 1 saturated heterocycles. The van der Waals surface area contributed by atoms with Crippen LogP contribution in [0.2, 0.25) is 0 Å². The van der Waals surface area contributed by atoms with E-state index in [1.165, 1.54) is 0 Å². The molecule has 1 unspecified atom stereocenters. The number of carboxylic acid groups (broad SMARTS) is 1. The summed E-state index contributed by atoms with van der Waals surface area (Å²) in [5.41, 5.74) is 2.21. The van der Waals surface area contributed by atoms with Crippen molar-refractivity contribution in [1.29, 1.82) is 0 Å². The van der Waals surface area contributed by atoms with E-state index >= 15 is 0 Å². The van der Waals surface area contributed by atoms with E-state index in [4.69, 9.17) is 0 Å². The molecular formula is C14H21N2NaO2. The summed E-state index contributed by atoms with van der Waals surface area (Å²) in [5, 5.41) is 9.26. The number of hydrogen-bond donors (Lipinski definition) is 1. The van der Waals surface area contributed by atoms with Crippen molar-refractivity contribution in [3.63, 3.8) is 0 Å². The Bertz CT molecular complexity index is 443. The Morgan fingerprint density at radius 1 is 1.42 bits per heavy atom. The first-order chi connectivity index (χ1) is 8.59. The van der Waals surface area contributed by atoms with Gasteiger partial charge in [0.15, 0.2) is 0 Å². The molecule has 5 heteroatoms. The van der Waals surface area contributed by atoms with Crippen molar-refractivity contribution in [2.45, 2.75) is 25.3 Å². The molecule has 1 heterocycles. The van der Waals surface area contributed by atoms with Crippen LogP contribution in [0.25, 0.3) is 0 Å². The van der Waals surface area contributed by atoms with Gasteiger partial charge in [-0.2, -0.15) is 0 Å². The molecule has 1 aromatic rings. The monoisotopic (exact) mass is 272 g/mol. The first-order valence-electron chi connectivity index (χ1n) is 6.36. The third-order valence-electron chi connectivity index (χ3n) is 3.52. The summed E-state index contributed by atoms with van der Waals surface area (Å²) in [6, 6.07) is 8.16. The molecule has 100 valence electrons. The summed E-state index contributed by atoms with van der Waals surface area (Å²) in [5.74, 6) is 0. The van der Waals surface area contributed by atoms with Crippen LogP contribution in [-0.2, 0) is 0 Å². The smallest absolute Gasteiger partial charge is 1.00 e. The first kappa shape index (κ1) is 16.3. The van der Waals surface area contributed by atoms with Crippen LogP contribution in [0.15, 0.2) is 24.3 Å². The third-order valence-corrected chi connectivity index (χ3v) is 3.52. The molecule has 0 bridgehead atoms. The van der Waals surface area contributed by atoms with Gasteiger partial charge in [-0.05, 0) is 37.0 Å². The van der Waals surface area contributed by atoms with Crippen molar-refractivity contribution in [2.75, 3.05) is 25.5 Å². The zero-order valence-corrected chi connectivity index (χ0v) is 14.0. The van der Waals surface area contributed by atoms with Crippen molar-refractivity contribution in [3.05, 3.63) is 29.8 Å². The molecule has 1 amide bonds. The van der Waals surface area contributed by atoms with Gasteiger partial charge < -0.3 is 16.3 Å². The fourth-order valence-corrected chi connectivity index (χ4v) is 2.52. The Hall–Kier alpha value is -0.710. The van der Waals surface area contributed by atoms with Crippen LogP contribution >= 0.6 is 0 Å². The number of benzene rings is 1. The predicted molar refractivity (Wildman–Crippen MR) is 73.2 cm³/mol. The summed E-state index contributed by atoms with van der Waals surface area (Å²) >= 11 is 0. The van der Waals surface area contributed by atoms with Crippen LogP contribution in [0.1, 0.15) is 32.3 Å². The fourth-order valence-electron chi connectivity index (χ4n) is 2.52. The van der Waals surface area contributed by atoms with Crippen molar-refractivity contribution in [3.8, 4) is 0 Å². The molecule has 1 aliphatic heterocycles. The van der Waals surface area contributed by atoms with Crippen molar-refractivity contribution >= 4 is 11.8 Å². The van der Waals surface area contributed by atoms with Crippen LogP contribution in [0.4, 0.5) is 10.5 Å². The molecule has 2 rings (SSSR count). The second-order valence-electron chi connectivity index (χ2n) is 4.98. The summed E-state index contributed by atoms with van der Waals surface area (Å²) < 4.78 is 0. The number of amides is 1. The maximum Gasteiger partial charge on any atom is 1.00 e. The van der Waals surface area contributed by atoms with E-state index in [0.29, 0.717) is 6.54 Å². The van der Waals surface area contributed by atoms with E-state index < -0.39 is 6.09 Å². The molecule has 4 nitrogen and oxygen atoms in total. The minimum Gasteiger partial charge on any atom is -1.00 e. The normalized spacial score (nSPS) is 18.6. The molecular weight excluding hydrogens is 251 g/mol. The molecule has 1 atom stereocenters. The summed E-state index contributed by atoms with van der Waals surface area (Å²) in [6.07, 6.45) is 2.18. The van der Waals surface area contributed by atoms with E-state index in [2.05, 4.69) is 6.07 Å². The number of anilines is 1.